The Balaban J connectivity index is 1.78. The van der Waals surface area contributed by atoms with E-state index in [4.69, 9.17) is 9.31 Å². The Kier molecular flexibility index (Phi) is 1.84. The SMILES string of the molecule is CC1(C)OB(C2CC(=O)C23CC3)OC1(C)C. The fraction of sp³-hybridized carbons (Fsp3) is 0.917. The van der Waals surface area contributed by atoms with Crippen LogP contribution in [-0.4, -0.2) is 24.1 Å². The lowest BCUT2D eigenvalue weighted by molar-refractivity contribution is -0.131. The molecule has 2 aliphatic carbocycles. The van der Waals surface area contributed by atoms with E-state index in [0.29, 0.717) is 18.0 Å². The van der Waals surface area contributed by atoms with Crippen molar-refractivity contribution in [3.8, 4) is 0 Å². The molecule has 2 saturated carbocycles. The third kappa shape index (κ3) is 1.15. The molecule has 88 valence electrons. The van der Waals surface area contributed by atoms with Gasteiger partial charge in [0, 0.05) is 17.7 Å². The Morgan fingerprint density at radius 3 is 2.00 bits per heavy atom. The molecule has 4 heteroatoms. The van der Waals surface area contributed by atoms with Gasteiger partial charge in [-0.25, -0.2) is 0 Å². The lowest BCUT2D eigenvalue weighted by Crippen LogP contribution is -2.45. The topological polar surface area (TPSA) is 35.5 Å². The van der Waals surface area contributed by atoms with Crippen molar-refractivity contribution in [2.45, 2.75) is 64.0 Å². The van der Waals surface area contributed by atoms with Gasteiger partial charge in [-0.15, -0.1) is 0 Å². The fourth-order valence-electron chi connectivity index (χ4n) is 2.87. The summed E-state index contributed by atoms with van der Waals surface area (Å²) in [6.45, 7) is 8.25. The van der Waals surface area contributed by atoms with Crippen molar-refractivity contribution >= 4 is 12.9 Å². The van der Waals surface area contributed by atoms with E-state index in [1.807, 2.05) is 0 Å². The minimum absolute atomic E-state index is 0.0405. The van der Waals surface area contributed by atoms with Crippen molar-refractivity contribution in [1.29, 1.82) is 0 Å². The molecule has 16 heavy (non-hydrogen) atoms. The van der Waals surface area contributed by atoms with Gasteiger partial charge in [0.15, 0.2) is 0 Å². The van der Waals surface area contributed by atoms with Gasteiger partial charge in [-0.2, -0.15) is 0 Å². The Labute approximate surface area is 97.0 Å². The standard InChI is InChI=1S/C12H19BO3/c1-10(2)11(3,4)16-13(15-10)8-7-9(14)12(8)5-6-12/h8H,5-7H2,1-4H3. The largest absolute Gasteiger partial charge is 0.462 e. The highest BCUT2D eigenvalue weighted by Crippen LogP contribution is 2.67. The van der Waals surface area contributed by atoms with Gasteiger partial charge in [0.05, 0.1) is 11.2 Å². The molecule has 3 fully saturated rings. The first-order valence-corrected chi connectivity index (χ1v) is 6.17. The lowest BCUT2D eigenvalue weighted by Gasteiger charge is -2.36. The second-order valence-corrected chi connectivity index (χ2v) is 6.51. The number of rotatable bonds is 1. The van der Waals surface area contributed by atoms with Crippen LogP contribution in [0.15, 0.2) is 0 Å². The molecule has 1 spiro atoms. The molecule has 1 aliphatic heterocycles. The predicted molar refractivity (Wildman–Crippen MR) is 61.1 cm³/mol. The number of Topliss-reactive ketones (excluding diaryl/α,β-unsaturated/α-hetero) is 1. The van der Waals surface area contributed by atoms with Crippen LogP contribution >= 0.6 is 0 Å². The second-order valence-electron chi connectivity index (χ2n) is 6.51. The third-order valence-corrected chi connectivity index (χ3v) is 5.06. The minimum atomic E-state index is -0.271. The molecule has 0 aromatic heterocycles. The Morgan fingerprint density at radius 2 is 1.62 bits per heavy atom. The van der Waals surface area contributed by atoms with Crippen LogP contribution in [0.1, 0.15) is 47.0 Å². The third-order valence-electron chi connectivity index (χ3n) is 5.06. The maximum absolute atomic E-state index is 11.6. The van der Waals surface area contributed by atoms with Gasteiger partial charge in [0.2, 0.25) is 0 Å². The zero-order valence-corrected chi connectivity index (χ0v) is 10.5. The van der Waals surface area contributed by atoms with Crippen molar-refractivity contribution in [1.82, 2.24) is 0 Å². The van der Waals surface area contributed by atoms with Crippen LogP contribution in [0.2, 0.25) is 5.82 Å². The van der Waals surface area contributed by atoms with Crippen LogP contribution in [0.5, 0.6) is 0 Å². The second kappa shape index (κ2) is 2.73. The Morgan fingerprint density at radius 1 is 1.12 bits per heavy atom. The van der Waals surface area contributed by atoms with Crippen LogP contribution in [0.3, 0.4) is 0 Å². The molecule has 0 aromatic rings. The maximum atomic E-state index is 11.6. The molecule has 0 radical (unpaired) electrons. The van der Waals surface area contributed by atoms with E-state index in [9.17, 15) is 4.79 Å². The summed E-state index contributed by atoms with van der Waals surface area (Å²) < 4.78 is 12.0. The van der Waals surface area contributed by atoms with Gasteiger partial charge in [-0.05, 0) is 40.5 Å². The molecule has 1 atom stereocenters. The zero-order chi connectivity index (χ0) is 11.8. The summed E-state index contributed by atoms with van der Waals surface area (Å²) >= 11 is 0. The monoisotopic (exact) mass is 222 g/mol. The normalized spacial score (nSPS) is 37.6. The van der Waals surface area contributed by atoms with E-state index in [1.54, 1.807) is 0 Å². The first-order chi connectivity index (χ1) is 7.29. The van der Waals surface area contributed by atoms with Crippen LogP contribution in [0.25, 0.3) is 0 Å². The summed E-state index contributed by atoms with van der Waals surface area (Å²) in [5.74, 6) is 0.730. The van der Waals surface area contributed by atoms with Crippen molar-refractivity contribution in [2.75, 3.05) is 0 Å². The molecule has 0 bridgehead atoms. The highest BCUT2D eigenvalue weighted by atomic mass is 16.7. The van der Waals surface area contributed by atoms with E-state index in [-0.39, 0.29) is 23.7 Å². The molecular weight excluding hydrogens is 203 g/mol. The first-order valence-electron chi connectivity index (χ1n) is 6.17. The molecule has 0 amide bonds. The molecule has 1 unspecified atom stereocenters. The summed E-state index contributed by atoms with van der Waals surface area (Å²) in [6.07, 6.45) is 2.73. The number of carbonyl (C=O) groups is 1. The quantitative estimate of drug-likeness (QED) is 0.638. The fourth-order valence-corrected chi connectivity index (χ4v) is 2.87. The molecule has 3 aliphatic rings. The summed E-state index contributed by atoms with van der Waals surface area (Å²) in [4.78, 5) is 11.6. The average Bonchev–Trinajstić information content (AvgIpc) is 2.89. The lowest BCUT2D eigenvalue weighted by atomic mass is 9.51. The van der Waals surface area contributed by atoms with E-state index in [2.05, 4.69) is 27.7 Å². The van der Waals surface area contributed by atoms with Crippen molar-refractivity contribution < 1.29 is 14.1 Å². The van der Waals surface area contributed by atoms with Gasteiger partial charge in [-0.3, -0.25) is 4.79 Å². The van der Waals surface area contributed by atoms with E-state index < -0.39 is 0 Å². The molecular formula is C12H19BO3. The van der Waals surface area contributed by atoms with Gasteiger partial charge < -0.3 is 9.31 Å². The molecule has 3 nitrogen and oxygen atoms in total. The Hall–Kier alpha value is -0.345. The number of hydrogen-bond acceptors (Lipinski definition) is 3. The van der Waals surface area contributed by atoms with Crippen molar-refractivity contribution in [2.24, 2.45) is 5.41 Å². The van der Waals surface area contributed by atoms with E-state index >= 15 is 0 Å². The first kappa shape index (κ1) is 10.8. The average molecular weight is 222 g/mol. The van der Waals surface area contributed by atoms with Crippen LogP contribution < -0.4 is 0 Å². The van der Waals surface area contributed by atoms with E-state index in [1.165, 1.54) is 0 Å². The van der Waals surface area contributed by atoms with Crippen molar-refractivity contribution in [3.63, 3.8) is 0 Å². The summed E-state index contributed by atoms with van der Waals surface area (Å²) in [5, 5.41) is 0. The number of ketones is 1. The maximum Gasteiger partial charge on any atom is 0.462 e. The highest BCUT2D eigenvalue weighted by Gasteiger charge is 2.70. The molecule has 1 heterocycles. The van der Waals surface area contributed by atoms with Crippen LogP contribution in [0, 0.1) is 5.41 Å². The number of carbonyl (C=O) groups excluding carboxylic acids is 1. The zero-order valence-electron chi connectivity index (χ0n) is 10.5. The summed E-state index contributed by atoms with van der Waals surface area (Å²) in [7, 11) is -0.176. The van der Waals surface area contributed by atoms with Gasteiger partial charge in [0.25, 0.3) is 0 Å². The smallest absolute Gasteiger partial charge is 0.403 e. The predicted octanol–water partition coefficient (Wildman–Crippen LogP) is 2.20. The molecule has 1 saturated heterocycles. The summed E-state index contributed by atoms with van der Waals surface area (Å²) in [6, 6.07) is 0. The van der Waals surface area contributed by atoms with Crippen LogP contribution in [-0.2, 0) is 14.1 Å². The van der Waals surface area contributed by atoms with Gasteiger partial charge in [0.1, 0.15) is 5.78 Å². The molecule has 0 aromatic carbocycles. The number of hydrogen-bond donors (Lipinski definition) is 0. The van der Waals surface area contributed by atoms with Crippen molar-refractivity contribution in [3.05, 3.63) is 0 Å². The van der Waals surface area contributed by atoms with E-state index in [0.717, 1.165) is 12.8 Å². The van der Waals surface area contributed by atoms with Crippen LogP contribution in [0.4, 0.5) is 0 Å². The highest BCUT2D eigenvalue weighted by molar-refractivity contribution is 6.50. The Bertz CT molecular complexity index is 341. The van der Waals surface area contributed by atoms with Gasteiger partial charge >= 0.3 is 7.12 Å². The molecule has 0 N–H and O–H groups in total. The molecule has 3 rings (SSSR count). The minimum Gasteiger partial charge on any atom is -0.403 e. The summed E-state index contributed by atoms with van der Waals surface area (Å²) in [5.41, 5.74) is -0.583. The van der Waals surface area contributed by atoms with Gasteiger partial charge in [-0.1, -0.05) is 0 Å².